The fraction of sp³-hybridized carbons (Fsp3) is 0.312. The number of primary amides is 1. The van der Waals surface area contributed by atoms with Crippen molar-refractivity contribution in [2.75, 3.05) is 13.1 Å². The molecule has 2 aromatic rings. The molecule has 1 atom stereocenters. The van der Waals surface area contributed by atoms with Crippen molar-refractivity contribution in [3.63, 3.8) is 0 Å². The number of nitrogens with one attached hydrogen (secondary N) is 1. The molecule has 0 bridgehead atoms. The minimum absolute atomic E-state index is 0.163. The molecule has 2 heterocycles. The number of carbonyl (C=O) groups excluding carboxylic acids is 2. The van der Waals surface area contributed by atoms with Gasteiger partial charge in [0, 0.05) is 19.0 Å². The molecule has 1 aromatic heterocycles. The molecule has 3 N–H and O–H groups in total. The van der Waals surface area contributed by atoms with Gasteiger partial charge in [-0.25, -0.2) is 8.78 Å². The summed E-state index contributed by atoms with van der Waals surface area (Å²) in [5.74, 6) is -2.76. The van der Waals surface area contributed by atoms with Crippen LogP contribution in [0.4, 0.5) is 8.78 Å². The molecule has 1 unspecified atom stereocenters. The van der Waals surface area contributed by atoms with Crippen LogP contribution < -0.4 is 5.73 Å². The van der Waals surface area contributed by atoms with Gasteiger partial charge in [0.05, 0.1) is 23.0 Å². The van der Waals surface area contributed by atoms with Crippen LogP contribution in [0.25, 0.3) is 0 Å². The van der Waals surface area contributed by atoms with Crippen LogP contribution in [0.5, 0.6) is 0 Å². The first-order valence-corrected chi connectivity index (χ1v) is 7.54. The maximum Gasteiger partial charge on any atom is 0.256 e. The van der Waals surface area contributed by atoms with Gasteiger partial charge in [-0.1, -0.05) is 0 Å². The van der Waals surface area contributed by atoms with Crippen LogP contribution in [0.3, 0.4) is 0 Å². The zero-order valence-electron chi connectivity index (χ0n) is 12.8. The summed E-state index contributed by atoms with van der Waals surface area (Å²) in [6.45, 7) is 0.711. The van der Waals surface area contributed by atoms with E-state index in [1.165, 1.54) is 11.1 Å². The minimum Gasteiger partial charge on any atom is -0.365 e. The molecule has 8 heteroatoms. The Kier molecular flexibility index (Phi) is 4.28. The predicted molar refractivity (Wildman–Crippen MR) is 81.3 cm³/mol. The molecule has 0 spiro atoms. The lowest BCUT2D eigenvalue weighted by Gasteiger charge is -2.32. The summed E-state index contributed by atoms with van der Waals surface area (Å²) in [4.78, 5) is 25.4. The van der Waals surface area contributed by atoms with Crippen molar-refractivity contribution in [3.8, 4) is 0 Å². The van der Waals surface area contributed by atoms with Crippen molar-refractivity contribution in [1.82, 2.24) is 15.1 Å². The SMILES string of the molecule is NC(=O)c1cn[nH]c1C1CCCN(C(=O)c2cc(F)ccc2F)C1. The summed E-state index contributed by atoms with van der Waals surface area (Å²) in [6.07, 6.45) is 2.76. The second-order valence-electron chi connectivity index (χ2n) is 5.78. The highest BCUT2D eigenvalue weighted by atomic mass is 19.1. The number of likely N-dealkylation sites (tertiary alicyclic amines) is 1. The highest BCUT2D eigenvalue weighted by Crippen LogP contribution is 2.28. The highest BCUT2D eigenvalue weighted by molar-refractivity contribution is 5.95. The number of aromatic nitrogens is 2. The Labute approximate surface area is 136 Å². The molecule has 0 aliphatic carbocycles. The Morgan fingerprint density at radius 1 is 1.29 bits per heavy atom. The standard InChI is InChI=1S/C16H16F2N4O2/c17-10-3-4-13(18)11(6-10)16(24)22-5-1-2-9(8-22)14-12(15(19)23)7-20-21-14/h3-4,6-7,9H,1-2,5,8H2,(H2,19,23)(H,20,21). The van der Waals surface area contributed by atoms with Crippen molar-refractivity contribution in [2.24, 2.45) is 5.73 Å². The van der Waals surface area contributed by atoms with Crippen LogP contribution in [0.1, 0.15) is 45.2 Å². The first-order chi connectivity index (χ1) is 11.5. The lowest BCUT2D eigenvalue weighted by atomic mass is 9.92. The minimum atomic E-state index is -0.761. The van der Waals surface area contributed by atoms with Gasteiger partial charge < -0.3 is 10.6 Å². The third-order valence-electron chi connectivity index (χ3n) is 4.21. The van der Waals surface area contributed by atoms with E-state index in [9.17, 15) is 18.4 Å². The van der Waals surface area contributed by atoms with Crippen molar-refractivity contribution in [1.29, 1.82) is 0 Å². The molecular weight excluding hydrogens is 318 g/mol. The van der Waals surface area contributed by atoms with Crippen LogP contribution >= 0.6 is 0 Å². The molecule has 1 aromatic carbocycles. The fourth-order valence-corrected chi connectivity index (χ4v) is 3.03. The van der Waals surface area contributed by atoms with Gasteiger partial charge in [0.15, 0.2) is 0 Å². The van der Waals surface area contributed by atoms with E-state index < -0.39 is 23.4 Å². The van der Waals surface area contributed by atoms with Gasteiger partial charge in [0.1, 0.15) is 11.6 Å². The van der Waals surface area contributed by atoms with Crippen molar-refractivity contribution >= 4 is 11.8 Å². The largest absolute Gasteiger partial charge is 0.365 e. The number of halogens is 2. The Morgan fingerprint density at radius 2 is 2.08 bits per heavy atom. The van der Waals surface area contributed by atoms with Crippen LogP contribution in [0.15, 0.2) is 24.4 Å². The third kappa shape index (κ3) is 2.99. The summed E-state index contributed by atoms with van der Waals surface area (Å²) >= 11 is 0. The van der Waals surface area contributed by atoms with Crippen LogP contribution in [0.2, 0.25) is 0 Å². The lowest BCUT2D eigenvalue weighted by molar-refractivity contribution is 0.0700. The molecule has 1 fully saturated rings. The van der Waals surface area contributed by atoms with Crippen LogP contribution in [0, 0.1) is 11.6 Å². The number of aromatic amines is 1. The Hall–Kier alpha value is -2.77. The summed E-state index contributed by atoms with van der Waals surface area (Å²) in [5, 5.41) is 6.59. The van der Waals surface area contributed by atoms with Crippen LogP contribution in [-0.2, 0) is 0 Å². The smallest absolute Gasteiger partial charge is 0.256 e. The zero-order chi connectivity index (χ0) is 17.3. The highest BCUT2D eigenvalue weighted by Gasteiger charge is 2.30. The zero-order valence-corrected chi connectivity index (χ0v) is 12.8. The van der Waals surface area contributed by atoms with Gasteiger partial charge in [-0.3, -0.25) is 14.7 Å². The molecule has 0 radical (unpaired) electrons. The summed E-state index contributed by atoms with van der Waals surface area (Å²) in [7, 11) is 0. The molecule has 3 rings (SSSR count). The summed E-state index contributed by atoms with van der Waals surface area (Å²) < 4.78 is 27.1. The predicted octanol–water partition coefficient (Wildman–Crippen LogP) is 1.81. The number of nitrogens with two attached hydrogens (primary N) is 1. The summed E-state index contributed by atoms with van der Waals surface area (Å²) in [5.41, 5.74) is 5.87. The van der Waals surface area contributed by atoms with E-state index in [-0.39, 0.29) is 23.6 Å². The maximum absolute atomic E-state index is 13.8. The molecule has 6 nitrogen and oxygen atoms in total. The maximum atomic E-state index is 13.8. The lowest BCUT2D eigenvalue weighted by Crippen LogP contribution is -2.40. The van der Waals surface area contributed by atoms with Gasteiger partial charge in [0.25, 0.3) is 11.8 Å². The van der Waals surface area contributed by atoms with Gasteiger partial charge in [-0.05, 0) is 31.0 Å². The number of hydrogen-bond acceptors (Lipinski definition) is 3. The number of rotatable bonds is 3. The van der Waals surface area contributed by atoms with E-state index in [1.54, 1.807) is 0 Å². The Balaban J connectivity index is 1.83. The molecule has 2 amide bonds. The topological polar surface area (TPSA) is 92.1 Å². The molecule has 1 aliphatic rings. The summed E-state index contributed by atoms with van der Waals surface area (Å²) in [6, 6.07) is 2.80. The van der Waals surface area contributed by atoms with Crippen molar-refractivity contribution in [3.05, 3.63) is 52.9 Å². The third-order valence-corrected chi connectivity index (χ3v) is 4.21. The molecule has 1 saturated heterocycles. The molecular formula is C16H16F2N4O2. The van der Waals surface area contributed by atoms with Gasteiger partial charge in [-0.2, -0.15) is 5.10 Å². The number of carbonyl (C=O) groups is 2. The van der Waals surface area contributed by atoms with E-state index in [0.29, 0.717) is 18.7 Å². The van der Waals surface area contributed by atoms with E-state index in [4.69, 9.17) is 5.73 Å². The molecule has 24 heavy (non-hydrogen) atoms. The number of benzene rings is 1. The normalized spacial score (nSPS) is 17.8. The number of nitrogens with zero attached hydrogens (tertiary/aromatic N) is 2. The number of amides is 2. The fourth-order valence-electron chi connectivity index (χ4n) is 3.03. The molecule has 0 saturated carbocycles. The number of H-pyrrole nitrogens is 1. The number of hydrogen-bond donors (Lipinski definition) is 2. The van der Waals surface area contributed by atoms with Gasteiger partial charge in [-0.15, -0.1) is 0 Å². The average Bonchev–Trinajstić information content (AvgIpc) is 3.06. The van der Waals surface area contributed by atoms with E-state index in [1.807, 2.05) is 0 Å². The monoisotopic (exact) mass is 334 g/mol. The quantitative estimate of drug-likeness (QED) is 0.896. The molecule has 126 valence electrons. The first kappa shape index (κ1) is 16.1. The van der Waals surface area contributed by atoms with E-state index >= 15 is 0 Å². The Bertz CT molecular complexity index is 790. The Morgan fingerprint density at radius 3 is 2.83 bits per heavy atom. The van der Waals surface area contributed by atoms with Gasteiger partial charge >= 0.3 is 0 Å². The van der Waals surface area contributed by atoms with E-state index in [2.05, 4.69) is 10.2 Å². The van der Waals surface area contributed by atoms with Crippen molar-refractivity contribution in [2.45, 2.75) is 18.8 Å². The first-order valence-electron chi connectivity index (χ1n) is 7.54. The second kappa shape index (κ2) is 6.38. The second-order valence-corrected chi connectivity index (χ2v) is 5.78. The van der Waals surface area contributed by atoms with Crippen LogP contribution in [-0.4, -0.2) is 40.0 Å². The van der Waals surface area contributed by atoms with E-state index in [0.717, 1.165) is 24.6 Å². The average molecular weight is 334 g/mol. The van der Waals surface area contributed by atoms with Gasteiger partial charge in [0.2, 0.25) is 0 Å². The number of piperidine rings is 1. The molecule has 1 aliphatic heterocycles. The van der Waals surface area contributed by atoms with Crippen molar-refractivity contribution < 1.29 is 18.4 Å².